The highest BCUT2D eigenvalue weighted by Crippen LogP contribution is 2.63. The van der Waals surface area contributed by atoms with Gasteiger partial charge in [0.05, 0.1) is 11.7 Å². The van der Waals surface area contributed by atoms with Crippen LogP contribution in [-0.4, -0.2) is 21.1 Å². The van der Waals surface area contributed by atoms with Crippen LogP contribution in [0.4, 0.5) is 20.3 Å². The second-order valence-corrected chi connectivity index (χ2v) is 8.55. The quantitative estimate of drug-likeness (QED) is 0.414. The molecule has 1 saturated carbocycles. The number of benzene rings is 1. The van der Waals surface area contributed by atoms with Gasteiger partial charge in [-0.2, -0.15) is 5.10 Å². The Morgan fingerprint density at radius 2 is 2.16 bits per heavy atom. The molecule has 2 aromatic heterocycles. The molecule has 9 heteroatoms. The van der Waals surface area contributed by atoms with Crippen LogP contribution in [0.5, 0.6) is 0 Å². The number of fused-ring (bicyclic) bond motifs is 2. The zero-order valence-electron chi connectivity index (χ0n) is 17.4. The number of nitrogens with two attached hydrogens (primary N) is 1. The number of nitrogens with zero attached hydrogens (tertiary/aromatic N) is 4. The number of allylic oxidation sites excluding steroid dienone is 1. The van der Waals surface area contributed by atoms with Crippen LogP contribution in [0.2, 0.25) is 0 Å². The molecule has 7 nitrogen and oxygen atoms in total. The standard InChI is InChI=1S/C22H25F2N7/c1-13(2)18(29-25)11-26-19-12-27-31-8-6-20(28-21(19)31)30-7-5-14-10-22(14,30)16-9-15(23)3-4-17(16)24/h3-4,6,8-9,11-14,26,29H,5,7,10,25H2,1-2H3/b18-11-/t14-,22+/m0/s1. The van der Waals surface area contributed by atoms with E-state index in [-0.39, 0.29) is 11.7 Å². The fourth-order valence-electron chi connectivity index (χ4n) is 4.74. The van der Waals surface area contributed by atoms with Crippen molar-refractivity contribution >= 4 is 17.2 Å². The molecule has 1 saturated heterocycles. The lowest BCUT2D eigenvalue weighted by molar-refractivity contribution is 0.544. The van der Waals surface area contributed by atoms with Gasteiger partial charge in [0.2, 0.25) is 0 Å². The molecule has 3 heterocycles. The smallest absolute Gasteiger partial charge is 0.180 e. The van der Waals surface area contributed by atoms with Crippen molar-refractivity contribution < 1.29 is 8.78 Å². The van der Waals surface area contributed by atoms with E-state index in [1.165, 1.54) is 12.1 Å². The number of rotatable bonds is 6. The normalized spacial score (nSPS) is 22.8. The summed E-state index contributed by atoms with van der Waals surface area (Å²) < 4.78 is 30.3. The first kappa shape index (κ1) is 19.7. The van der Waals surface area contributed by atoms with Crippen molar-refractivity contribution in [3.63, 3.8) is 0 Å². The third-order valence-corrected chi connectivity index (χ3v) is 6.45. The van der Waals surface area contributed by atoms with E-state index < -0.39 is 11.4 Å². The Labute approximate surface area is 178 Å². The molecule has 0 bridgehead atoms. The number of hydrogen-bond donors (Lipinski definition) is 3. The fraction of sp³-hybridized carbons (Fsp3) is 0.364. The molecule has 162 valence electrons. The predicted molar refractivity (Wildman–Crippen MR) is 115 cm³/mol. The minimum absolute atomic E-state index is 0.222. The van der Waals surface area contributed by atoms with Gasteiger partial charge in [0.15, 0.2) is 5.65 Å². The first-order valence-electron chi connectivity index (χ1n) is 10.4. The molecule has 2 atom stereocenters. The molecule has 0 radical (unpaired) electrons. The van der Waals surface area contributed by atoms with Gasteiger partial charge in [-0.3, -0.25) is 5.84 Å². The van der Waals surface area contributed by atoms with Crippen molar-refractivity contribution in [1.29, 1.82) is 0 Å². The number of aromatic nitrogens is 3. The second kappa shape index (κ2) is 7.19. The molecular formula is C22H25F2N7. The monoisotopic (exact) mass is 425 g/mol. The van der Waals surface area contributed by atoms with E-state index in [0.717, 1.165) is 42.7 Å². The van der Waals surface area contributed by atoms with Crippen LogP contribution in [0, 0.1) is 23.5 Å². The average Bonchev–Trinajstić information content (AvgIpc) is 3.15. The topological polar surface area (TPSA) is 83.5 Å². The molecule has 31 heavy (non-hydrogen) atoms. The van der Waals surface area contributed by atoms with E-state index in [0.29, 0.717) is 17.1 Å². The van der Waals surface area contributed by atoms with Crippen molar-refractivity contribution in [1.82, 2.24) is 20.0 Å². The maximum atomic E-state index is 14.7. The molecule has 4 N–H and O–H groups in total. The van der Waals surface area contributed by atoms with Crippen LogP contribution >= 0.6 is 0 Å². The van der Waals surface area contributed by atoms with E-state index in [1.54, 1.807) is 16.9 Å². The van der Waals surface area contributed by atoms with Gasteiger partial charge in [-0.05, 0) is 48.9 Å². The number of anilines is 2. The zero-order valence-corrected chi connectivity index (χ0v) is 17.4. The summed E-state index contributed by atoms with van der Waals surface area (Å²) in [6.07, 6.45) is 7.06. The third-order valence-electron chi connectivity index (χ3n) is 6.45. The zero-order chi connectivity index (χ0) is 21.8. The van der Waals surface area contributed by atoms with Gasteiger partial charge in [0, 0.05) is 30.2 Å². The van der Waals surface area contributed by atoms with Gasteiger partial charge >= 0.3 is 0 Å². The first-order chi connectivity index (χ1) is 14.9. The Morgan fingerprint density at radius 3 is 2.90 bits per heavy atom. The van der Waals surface area contributed by atoms with Crippen molar-refractivity contribution in [2.24, 2.45) is 17.7 Å². The lowest BCUT2D eigenvalue weighted by Crippen LogP contribution is -2.34. The van der Waals surface area contributed by atoms with Gasteiger partial charge < -0.3 is 15.6 Å². The highest BCUT2D eigenvalue weighted by atomic mass is 19.1. The maximum absolute atomic E-state index is 14.7. The minimum Gasteiger partial charge on any atom is -0.356 e. The van der Waals surface area contributed by atoms with Crippen molar-refractivity contribution in [2.75, 3.05) is 16.8 Å². The highest BCUT2D eigenvalue weighted by molar-refractivity contribution is 5.70. The van der Waals surface area contributed by atoms with Crippen molar-refractivity contribution in [3.8, 4) is 0 Å². The summed E-state index contributed by atoms with van der Waals surface area (Å²) in [5.41, 5.74) is 4.80. The summed E-state index contributed by atoms with van der Waals surface area (Å²) >= 11 is 0. The van der Waals surface area contributed by atoms with Crippen LogP contribution in [0.1, 0.15) is 32.3 Å². The second-order valence-electron chi connectivity index (χ2n) is 8.55. The molecule has 1 aromatic carbocycles. The van der Waals surface area contributed by atoms with Crippen molar-refractivity contribution in [2.45, 2.75) is 32.2 Å². The summed E-state index contributed by atoms with van der Waals surface area (Å²) in [4.78, 5) is 6.95. The van der Waals surface area contributed by atoms with E-state index in [1.807, 2.05) is 26.1 Å². The SMILES string of the molecule is CC(C)/C(=C/Nc1cnn2ccc(N3CC[C@H]4C[C@]43c3cc(F)ccc3F)nc12)NN. The van der Waals surface area contributed by atoms with Gasteiger partial charge in [-0.1, -0.05) is 13.8 Å². The van der Waals surface area contributed by atoms with Gasteiger partial charge in [0.1, 0.15) is 23.1 Å². The first-order valence-corrected chi connectivity index (χ1v) is 10.4. The summed E-state index contributed by atoms with van der Waals surface area (Å²) in [5.74, 6) is 6.05. The lowest BCUT2D eigenvalue weighted by Gasteiger charge is -2.30. The summed E-state index contributed by atoms with van der Waals surface area (Å²) in [6, 6.07) is 5.58. The molecule has 2 aliphatic rings. The molecule has 0 spiro atoms. The van der Waals surface area contributed by atoms with Gasteiger partial charge in [-0.15, -0.1) is 0 Å². The third kappa shape index (κ3) is 3.11. The number of piperidine rings is 1. The predicted octanol–water partition coefficient (Wildman–Crippen LogP) is 3.51. The van der Waals surface area contributed by atoms with Crippen LogP contribution in [0.25, 0.3) is 5.65 Å². The van der Waals surface area contributed by atoms with Crippen LogP contribution in [0.15, 0.2) is 48.6 Å². The number of hydrazine groups is 1. The van der Waals surface area contributed by atoms with Crippen LogP contribution < -0.4 is 21.5 Å². The lowest BCUT2D eigenvalue weighted by atomic mass is 10.0. The molecular weight excluding hydrogens is 400 g/mol. The Kier molecular flexibility index (Phi) is 4.58. The van der Waals surface area contributed by atoms with E-state index in [2.05, 4.69) is 20.7 Å². The molecule has 2 fully saturated rings. The molecule has 1 aliphatic heterocycles. The Bertz CT molecular complexity index is 1170. The number of hydrogen-bond acceptors (Lipinski definition) is 6. The molecule has 5 rings (SSSR count). The Balaban J connectivity index is 1.51. The average molecular weight is 425 g/mol. The highest BCUT2D eigenvalue weighted by Gasteiger charge is 2.64. The summed E-state index contributed by atoms with van der Waals surface area (Å²) in [6.45, 7) is 4.81. The molecule has 0 amide bonds. The Morgan fingerprint density at radius 1 is 1.32 bits per heavy atom. The fourth-order valence-corrected chi connectivity index (χ4v) is 4.74. The summed E-state index contributed by atoms with van der Waals surface area (Å²) in [7, 11) is 0. The van der Waals surface area contributed by atoms with E-state index in [9.17, 15) is 8.78 Å². The summed E-state index contributed by atoms with van der Waals surface area (Å²) in [5, 5.41) is 7.57. The maximum Gasteiger partial charge on any atom is 0.180 e. The Hall–Kier alpha value is -3.20. The van der Waals surface area contributed by atoms with Gasteiger partial charge in [0.25, 0.3) is 0 Å². The largest absolute Gasteiger partial charge is 0.356 e. The van der Waals surface area contributed by atoms with E-state index in [4.69, 9.17) is 10.8 Å². The number of halogens is 2. The van der Waals surface area contributed by atoms with Gasteiger partial charge in [-0.25, -0.2) is 18.3 Å². The van der Waals surface area contributed by atoms with Crippen LogP contribution in [-0.2, 0) is 5.54 Å². The minimum atomic E-state index is -0.528. The van der Waals surface area contributed by atoms with Crippen molar-refractivity contribution in [3.05, 3.63) is 65.8 Å². The molecule has 0 unspecified atom stereocenters. The van der Waals surface area contributed by atoms with Crippen LogP contribution in [0.3, 0.4) is 0 Å². The number of nitrogens with one attached hydrogen (secondary N) is 2. The molecule has 3 aromatic rings. The molecule has 1 aliphatic carbocycles. The van der Waals surface area contributed by atoms with E-state index >= 15 is 0 Å².